The largest absolute Gasteiger partial charge is 0.462 e. The van der Waals surface area contributed by atoms with Crippen molar-refractivity contribution in [3.8, 4) is 11.1 Å². The van der Waals surface area contributed by atoms with Crippen molar-refractivity contribution in [1.82, 2.24) is 4.90 Å². The Balaban J connectivity index is 1.69. The maximum absolute atomic E-state index is 13.6. The van der Waals surface area contributed by atoms with Gasteiger partial charge in [0.15, 0.2) is 0 Å². The maximum Gasteiger partial charge on any atom is 0.341 e. The van der Waals surface area contributed by atoms with Crippen LogP contribution in [0.1, 0.15) is 58.3 Å². The molecule has 1 unspecified atom stereocenters. The molecule has 35 heavy (non-hydrogen) atoms. The van der Waals surface area contributed by atoms with E-state index in [9.17, 15) is 19.2 Å². The zero-order chi connectivity index (χ0) is 25.1. The summed E-state index contributed by atoms with van der Waals surface area (Å²) >= 11 is 1.20. The molecule has 0 radical (unpaired) electrons. The Morgan fingerprint density at radius 1 is 0.943 bits per heavy atom. The Kier molecular flexibility index (Phi) is 7.12. The molecular weight excluding hydrogens is 464 g/mol. The highest BCUT2D eigenvalue weighted by atomic mass is 32.1. The van der Waals surface area contributed by atoms with Crippen LogP contribution >= 0.6 is 11.3 Å². The Morgan fingerprint density at radius 3 is 2.11 bits per heavy atom. The highest BCUT2D eigenvalue weighted by Gasteiger charge is 2.43. The predicted octanol–water partition coefficient (Wildman–Crippen LogP) is 5.24. The van der Waals surface area contributed by atoms with Gasteiger partial charge < -0.3 is 10.1 Å². The molecule has 2 heterocycles. The van der Waals surface area contributed by atoms with Crippen LogP contribution in [0.15, 0.2) is 60.0 Å². The van der Waals surface area contributed by atoms with Crippen LogP contribution in [0.5, 0.6) is 0 Å². The smallest absolute Gasteiger partial charge is 0.341 e. The van der Waals surface area contributed by atoms with E-state index in [2.05, 4.69) is 5.32 Å². The summed E-state index contributed by atoms with van der Waals surface area (Å²) in [5.41, 5.74) is 2.28. The zero-order valence-electron chi connectivity index (χ0n) is 19.7. The number of imide groups is 1. The molecule has 1 aromatic heterocycles. The molecule has 0 aliphatic carbocycles. The lowest BCUT2D eigenvalue weighted by atomic mass is 10.0. The first-order valence-electron chi connectivity index (χ1n) is 11.4. The minimum Gasteiger partial charge on any atom is -0.462 e. The number of rotatable bonds is 8. The second-order valence-corrected chi connectivity index (χ2v) is 9.48. The summed E-state index contributed by atoms with van der Waals surface area (Å²) in [5, 5.41) is 4.93. The average Bonchev–Trinajstić information content (AvgIpc) is 3.37. The van der Waals surface area contributed by atoms with Gasteiger partial charge in [0.2, 0.25) is 5.91 Å². The van der Waals surface area contributed by atoms with E-state index in [0.717, 1.165) is 10.5 Å². The number of carbonyl (C=O) groups is 4. The number of hydrogen-bond acceptors (Lipinski definition) is 6. The topological polar surface area (TPSA) is 92.8 Å². The lowest BCUT2D eigenvalue weighted by Crippen LogP contribution is -2.48. The molecule has 0 saturated heterocycles. The van der Waals surface area contributed by atoms with Gasteiger partial charge in [-0.05, 0) is 37.0 Å². The van der Waals surface area contributed by atoms with Crippen LogP contribution in [0.3, 0.4) is 0 Å². The Hall–Kier alpha value is -3.78. The van der Waals surface area contributed by atoms with E-state index in [1.807, 2.05) is 44.2 Å². The first kappa shape index (κ1) is 24.3. The number of nitrogens with zero attached hydrogens (tertiary/aromatic N) is 1. The number of esters is 1. The van der Waals surface area contributed by atoms with Gasteiger partial charge >= 0.3 is 5.97 Å². The fourth-order valence-electron chi connectivity index (χ4n) is 4.15. The molecule has 0 spiro atoms. The molecule has 4 rings (SSSR count). The lowest BCUT2D eigenvalue weighted by Gasteiger charge is -2.26. The van der Waals surface area contributed by atoms with Gasteiger partial charge in [-0.3, -0.25) is 19.3 Å². The van der Waals surface area contributed by atoms with Crippen LogP contribution in [0, 0.1) is 5.92 Å². The van der Waals surface area contributed by atoms with Crippen molar-refractivity contribution in [2.24, 2.45) is 5.92 Å². The fourth-order valence-corrected chi connectivity index (χ4v) is 5.11. The standard InChI is InChI=1S/C27H26N2O5S/c1-4-34-27(33)22-20(17-10-6-5-7-11-17)15-35-24(22)28-23(30)21(14-16(2)3)29-25(31)18-12-8-9-13-19(18)26(29)32/h5-13,15-16,21H,4,14H2,1-3H3,(H,28,30). The molecular formula is C27H26N2O5S. The maximum atomic E-state index is 13.6. The van der Waals surface area contributed by atoms with Crippen molar-refractivity contribution < 1.29 is 23.9 Å². The van der Waals surface area contributed by atoms with Gasteiger partial charge in [-0.25, -0.2) is 4.79 Å². The summed E-state index contributed by atoms with van der Waals surface area (Å²) in [6.07, 6.45) is 0.281. The number of hydrogen-bond donors (Lipinski definition) is 1. The summed E-state index contributed by atoms with van der Waals surface area (Å²) in [6, 6.07) is 14.9. The lowest BCUT2D eigenvalue weighted by molar-refractivity contribution is -0.120. The van der Waals surface area contributed by atoms with Gasteiger partial charge in [-0.15, -0.1) is 11.3 Å². The van der Waals surface area contributed by atoms with E-state index in [1.165, 1.54) is 11.3 Å². The van der Waals surface area contributed by atoms with Crippen LogP contribution in [0.2, 0.25) is 0 Å². The third-order valence-corrected chi connectivity index (χ3v) is 6.62. The summed E-state index contributed by atoms with van der Waals surface area (Å²) < 4.78 is 5.27. The predicted molar refractivity (Wildman–Crippen MR) is 135 cm³/mol. The number of thiophene rings is 1. The highest BCUT2D eigenvalue weighted by Crippen LogP contribution is 2.37. The van der Waals surface area contributed by atoms with E-state index >= 15 is 0 Å². The number of fused-ring (bicyclic) bond motifs is 1. The van der Waals surface area contributed by atoms with Crippen LogP contribution in [-0.4, -0.2) is 41.2 Å². The van der Waals surface area contributed by atoms with Gasteiger partial charge in [0.25, 0.3) is 11.8 Å². The number of ether oxygens (including phenoxy) is 1. The molecule has 1 atom stereocenters. The number of benzene rings is 2. The number of nitrogens with one attached hydrogen (secondary N) is 1. The SMILES string of the molecule is CCOC(=O)c1c(-c2ccccc2)csc1NC(=O)C(CC(C)C)N1C(=O)c2ccccc2C1=O. The highest BCUT2D eigenvalue weighted by molar-refractivity contribution is 7.15. The Bertz CT molecular complexity index is 1250. The first-order valence-corrected chi connectivity index (χ1v) is 12.3. The molecule has 1 N–H and O–H groups in total. The molecule has 0 saturated carbocycles. The zero-order valence-corrected chi connectivity index (χ0v) is 20.6. The quantitative estimate of drug-likeness (QED) is 0.344. The fraction of sp³-hybridized carbons (Fsp3) is 0.259. The van der Waals surface area contributed by atoms with E-state index in [-0.39, 0.29) is 35.6 Å². The molecule has 1 aliphatic heterocycles. The molecule has 3 amide bonds. The van der Waals surface area contributed by atoms with Gasteiger partial charge in [0, 0.05) is 10.9 Å². The van der Waals surface area contributed by atoms with Crippen LogP contribution in [0.25, 0.3) is 11.1 Å². The monoisotopic (exact) mass is 490 g/mol. The number of anilines is 1. The summed E-state index contributed by atoms with van der Waals surface area (Å²) in [4.78, 5) is 53.6. The molecule has 1 aliphatic rings. The van der Waals surface area contributed by atoms with Gasteiger partial charge in [-0.1, -0.05) is 56.3 Å². The summed E-state index contributed by atoms with van der Waals surface area (Å²) in [7, 11) is 0. The third kappa shape index (κ3) is 4.74. The van der Waals surface area contributed by atoms with Crippen molar-refractivity contribution in [1.29, 1.82) is 0 Å². The first-order chi connectivity index (χ1) is 16.8. The average molecular weight is 491 g/mol. The van der Waals surface area contributed by atoms with Crippen LogP contribution in [0.4, 0.5) is 5.00 Å². The van der Waals surface area contributed by atoms with Crippen LogP contribution < -0.4 is 5.32 Å². The van der Waals surface area contributed by atoms with E-state index in [0.29, 0.717) is 10.6 Å². The van der Waals surface area contributed by atoms with Crippen molar-refractivity contribution in [3.05, 3.63) is 76.7 Å². The minimum absolute atomic E-state index is 0.0304. The number of carbonyl (C=O) groups excluding carboxylic acids is 4. The van der Waals surface area contributed by atoms with E-state index < -0.39 is 29.7 Å². The molecule has 7 nitrogen and oxygen atoms in total. The molecule has 0 bridgehead atoms. The van der Waals surface area contributed by atoms with Gasteiger partial charge in [0.05, 0.1) is 17.7 Å². The van der Waals surface area contributed by atoms with Gasteiger partial charge in [0.1, 0.15) is 16.6 Å². The van der Waals surface area contributed by atoms with Gasteiger partial charge in [-0.2, -0.15) is 0 Å². The molecule has 3 aromatic rings. The van der Waals surface area contributed by atoms with E-state index in [1.54, 1.807) is 36.6 Å². The molecule has 0 fully saturated rings. The normalized spacial score (nSPS) is 13.7. The van der Waals surface area contributed by atoms with Crippen molar-refractivity contribution in [3.63, 3.8) is 0 Å². The van der Waals surface area contributed by atoms with Crippen molar-refractivity contribution in [2.45, 2.75) is 33.2 Å². The van der Waals surface area contributed by atoms with Crippen molar-refractivity contribution >= 4 is 40.0 Å². The number of amides is 3. The Morgan fingerprint density at radius 2 is 1.54 bits per heavy atom. The molecule has 2 aromatic carbocycles. The molecule has 180 valence electrons. The molecule has 8 heteroatoms. The third-order valence-electron chi connectivity index (χ3n) is 5.73. The summed E-state index contributed by atoms with van der Waals surface area (Å²) in [5.74, 6) is -2.03. The van der Waals surface area contributed by atoms with E-state index in [4.69, 9.17) is 4.74 Å². The Labute approximate surface area is 207 Å². The minimum atomic E-state index is -1.03. The van der Waals surface area contributed by atoms with Crippen LogP contribution in [-0.2, 0) is 9.53 Å². The summed E-state index contributed by atoms with van der Waals surface area (Å²) in [6.45, 7) is 5.73. The second kappa shape index (κ2) is 10.2. The second-order valence-electron chi connectivity index (χ2n) is 8.60. The van der Waals surface area contributed by atoms with Crippen molar-refractivity contribution in [2.75, 3.05) is 11.9 Å².